The second-order valence-electron chi connectivity index (χ2n) is 8.43. The zero-order chi connectivity index (χ0) is 23.0. The standard InChI is InChI=1S/C24H25N5O3/c1-14-10-18(15(2)26-20-7-5-4-6-17(20)24(31)32)22-27-21(28(3)13-16-8-9-16)19(11-25)23(30)29(22)12-14/h4-7,10,12,15-16,26H,8-9,13H2,1-3H3,(H,31,32). The van der Waals surface area contributed by atoms with Gasteiger partial charge >= 0.3 is 5.97 Å². The van der Waals surface area contributed by atoms with E-state index in [1.54, 1.807) is 30.5 Å². The van der Waals surface area contributed by atoms with Crippen LogP contribution in [0.4, 0.5) is 11.5 Å². The van der Waals surface area contributed by atoms with Crippen LogP contribution in [-0.4, -0.2) is 34.1 Å². The summed E-state index contributed by atoms with van der Waals surface area (Å²) in [5, 5.41) is 22.4. The van der Waals surface area contributed by atoms with Crippen LogP contribution in [0.3, 0.4) is 0 Å². The van der Waals surface area contributed by atoms with Crippen LogP contribution in [0.2, 0.25) is 0 Å². The lowest BCUT2D eigenvalue weighted by molar-refractivity contribution is 0.0698. The molecule has 1 unspecified atom stereocenters. The quantitative estimate of drug-likeness (QED) is 0.588. The fourth-order valence-corrected chi connectivity index (χ4v) is 3.97. The average molecular weight is 431 g/mol. The Morgan fingerprint density at radius 2 is 2.12 bits per heavy atom. The number of rotatable bonds is 7. The number of fused-ring (bicyclic) bond motifs is 1. The van der Waals surface area contributed by atoms with Crippen molar-refractivity contribution in [1.29, 1.82) is 5.26 Å². The molecule has 8 nitrogen and oxygen atoms in total. The number of hydrogen-bond donors (Lipinski definition) is 2. The number of pyridine rings is 1. The Bertz CT molecular complexity index is 1300. The van der Waals surface area contributed by atoms with Crippen LogP contribution in [0.5, 0.6) is 0 Å². The van der Waals surface area contributed by atoms with Crippen molar-refractivity contribution in [2.75, 3.05) is 23.8 Å². The molecule has 1 aromatic carbocycles. The van der Waals surface area contributed by atoms with Gasteiger partial charge in [0.05, 0.1) is 11.6 Å². The molecule has 0 spiro atoms. The van der Waals surface area contributed by atoms with Crippen LogP contribution in [0.25, 0.3) is 5.65 Å². The van der Waals surface area contributed by atoms with Crippen molar-refractivity contribution in [2.45, 2.75) is 32.7 Å². The summed E-state index contributed by atoms with van der Waals surface area (Å²) in [6, 6.07) is 10.3. The first-order chi connectivity index (χ1) is 15.3. The number of aryl methyl sites for hydroxylation is 1. The predicted octanol–water partition coefficient (Wildman–Crippen LogP) is 3.59. The van der Waals surface area contributed by atoms with Crippen molar-refractivity contribution in [1.82, 2.24) is 9.38 Å². The summed E-state index contributed by atoms with van der Waals surface area (Å²) in [5.74, 6) is -0.0728. The summed E-state index contributed by atoms with van der Waals surface area (Å²) in [5.41, 5.74) is 2.29. The van der Waals surface area contributed by atoms with Gasteiger partial charge in [0.25, 0.3) is 5.56 Å². The molecule has 1 atom stereocenters. The first kappa shape index (κ1) is 21.4. The summed E-state index contributed by atoms with van der Waals surface area (Å²) in [4.78, 5) is 31.4. The highest BCUT2D eigenvalue weighted by molar-refractivity contribution is 5.94. The van der Waals surface area contributed by atoms with Crippen molar-refractivity contribution in [3.63, 3.8) is 0 Å². The van der Waals surface area contributed by atoms with E-state index >= 15 is 0 Å². The second-order valence-corrected chi connectivity index (χ2v) is 8.43. The third kappa shape index (κ3) is 4.02. The Kier molecular flexibility index (Phi) is 5.57. The lowest BCUT2D eigenvalue weighted by Crippen LogP contribution is -2.29. The number of aromatic carboxylic acids is 1. The van der Waals surface area contributed by atoms with E-state index in [1.165, 1.54) is 4.40 Å². The molecule has 3 aromatic rings. The zero-order valence-corrected chi connectivity index (χ0v) is 18.3. The molecule has 1 aliphatic rings. The van der Waals surface area contributed by atoms with Gasteiger partial charge in [0, 0.05) is 31.0 Å². The van der Waals surface area contributed by atoms with Crippen LogP contribution >= 0.6 is 0 Å². The van der Waals surface area contributed by atoms with Gasteiger partial charge in [0.1, 0.15) is 11.7 Å². The van der Waals surface area contributed by atoms with E-state index in [0.717, 1.165) is 30.5 Å². The molecule has 1 saturated carbocycles. The number of benzene rings is 1. The van der Waals surface area contributed by atoms with Crippen molar-refractivity contribution in [2.24, 2.45) is 5.92 Å². The highest BCUT2D eigenvalue weighted by atomic mass is 16.4. The number of nitrogens with one attached hydrogen (secondary N) is 1. The summed E-state index contributed by atoms with van der Waals surface area (Å²) < 4.78 is 1.42. The minimum atomic E-state index is -1.02. The number of hydrogen-bond acceptors (Lipinski definition) is 6. The van der Waals surface area contributed by atoms with Crippen LogP contribution in [0.1, 0.15) is 52.9 Å². The van der Waals surface area contributed by atoms with Crippen molar-refractivity contribution >= 4 is 23.1 Å². The highest BCUT2D eigenvalue weighted by Crippen LogP contribution is 2.31. The largest absolute Gasteiger partial charge is 0.478 e. The number of nitrogens with zero attached hydrogens (tertiary/aromatic N) is 4. The SMILES string of the molecule is Cc1cc(C(C)Nc2ccccc2C(=O)O)c2nc(N(C)CC3CC3)c(C#N)c(=O)n2c1. The van der Waals surface area contributed by atoms with E-state index < -0.39 is 11.5 Å². The molecule has 2 N–H and O–H groups in total. The molecular formula is C24H25N5O3. The summed E-state index contributed by atoms with van der Waals surface area (Å²) in [6.45, 7) is 4.51. The second kappa shape index (κ2) is 8.35. The Balaban J connectivity index is 1.84. The van der Waals surface area contributed by atoms with Crippen LogP contribution < -0.4 is 15.8 Å². The molecule has 1 aliphatic carbocycles. The molecule has 2 heterocycles. The van der Waals surface area contributed by atoms with Gasteiger partial charge in [0.15, 0.2) is 11.4 Å². The fraction of sp³-hybridized carbons (Fsp3) is 0.333. The van der Waals surface area contributed by atoms with Crippen LogP contribution in [0.15, 0.2) is 41.3 Å². The third-order valence-corrected chi connectivity index (χ3v) is 5.77. The summed E-state index contributed by atoms with van der Waals surface area (Å²) in [7, 11) is 1.86. The van der Waals surface area contributed by atoms with Crippen molar-refractivity contribution in [3.05, 3.63) is 69.1 Å². The van der Waals surface area contributed by atoms with Gasteiger partial charge in [-0.3, -0.25) is 9.20 Å². The molecule has 2 aromatic heterocycles. The molecular weight excluding hydrogens is 406 g/mol. The number of carboxylic acids is 1. The fourth-order valence-electron chi connectivity index (χ4n) is 3.97. The number of aromatic nitrogens is 2. The minimum absolute atomic E-state index is 0.0269. The Labute approximate surface area is 185 Å². The molecule has 32 heavy (non-hydrogen) atoms. The van der Waals surface area contributed by atoms with Gasteiger partial charge < -0.3 is 15.3 Å². The molecule has 0 aliphatic heterocycles. The predicted molar refractivity (Wildman–Crippen MR) is 122 cm³/mol. The molecule has 164 valence electrons. The number of para-hydroxylation sites is 1. The number of nitriles is 1. The molecule has 1 fully saturated rings. The molecule has 0 radical (unpaired) electrons. The van der Waals surface area contributed by atoms with E-state index in [0.29, 0.717) is 23.1 Å². The van der Waals surface area contributed by atoms with E-state index in [9.17, 15) is 20.0 Å². The van der Waals surface area contributed by atoms with Crippen LogP contribution in [0, 0.1) is 24.2 Å². The van der Waals surface area contributed by atoms with Crippen molar-refractivity contribution in [3.8, 4) is 6.07 Å². The normalized spacial score (nSPS) is 14.1. The minimum Gasteiger partial charge on any atom is -0.478 e. The topological polar surface area (TPSA) is 111 Å². The first-order valence-corrected chi connectivity index (χ1v) is 10.6. The first-order valence-electron chi connectivity index (χ1n) is 10.6. The Morgan fingerprint density at radius 3 is 2.78 bits per heavy atom. The lowest BCUT2D eigenvalue weighted by Gasteiger charge is -2.22. The molecule has 0 bridgehead atoms. The Hall–Kier alpha value is -3.86. The van der Waals surface area contributed by atoms with Crippen molar-refractivity contribution < 1.29 is 9.90 Å². The smallest absolute Gasteiger partial charge is 0.337 e. The molecule has 0 saturated heterocycles. The zero-order valence-electron chi connectivity index (χ0n) is 18.3. The van der Waals surface area contributed by atoms with Gasteiger partial charge in [-0.1, -0.05) is 12.1 Å². The van der Waals surface area contributed by atoms with Gasteiger partial charge in [-0.25, -0.2) is 9.78 Å². The molecule has 4 rings (SSSR count). The van der Waals surface area contributed by atoms with Gasteiger partial charge in [0.2, 0.25) is 0 Å². The molecule has 0 amide bonds. The lowest BCUT2D eigenvalue weighted by atomic mass is 10.1. The number of carboxylic acid groups (broad SMARTS) is 1. The maximum absolute atomic E-state index is 13.2. The van der Waals surface area contributed by atoms with Gasteiger partial charge in [-0.15, -0.1) is 0 Å². The summed E-state index contributed by atoms with van der Waals surface area (Å²) in [6.07, 6.45) is 3.97. The van der Waals surface area contributed by atoms with E-state index in [2.05, 4.69) is 5.32 Å². The number of anilines is 2. The van der Waals surface area contributed by atoms with E-state index in [4.69, 9.17) is 4.98 Å². The maximum Gasteiger partial charge on any atom is 0.337 e. The van der Waals surface area contributed by atoms with Gasteiger partial charge in [-0.2, -0.15) is 5.26 Å². The van der Waals surface area contributed by atoms with Crippen LogP contribution in [-0.2, 0) is 0 Å². The Morgan fingerprint density at radius 1 is 1.41 bits per heavy atom. The monoisotopic (exact) mass is 431 g/mol. The average Bonchev–Trinajstić information content (AvgIpc) is 3.57. The van der Waals surface area contributed by atoms with Gasteiger partial charge in [-0.05, 0) is 56.4 Å². The number of carbonyl (C=O) groups is 1. The molecule has 8 heteroatoms. The third-order valence-electron chi connectivity index (χ3n) is 5.77. The van der Waals surface area contributed by atoms with E-state index in [-0.39, 0.29) is 17.2 Å². The maximum atomic E-state index is 13.2. The summed E-state index contributed by atoms with van der Waals surface area (Å²) >= 11 is 0. The van der Waals surface area contributed by atoms with E-state index in [1.807, 2.05) is 37.9 Å². The highest BCUT2D eigenvalue weighted by Gasteiger charge is 2.26.